The summed E-state index contributed by atoms with van der Waals surface area (Å²) < 4.78 is 27.9. The number of thioether (sulfide) groups is 1. The van der Waals surface area contributed by atoms with Gasteiger partial charge in [0, 0.05) is 30.6 Å². The first kappa shape index (κ1) is 27.1. The molecule has 0 atom stereocenters. The molecule has 194 valence electrons. The van der Waals surface area contributed by atoms with Gasteiger partial charge in [-0.05, 0) is 96.5 Å². The monoisotopic (exact) mass is 521 g/mol. The van der Waals surface area contributed by atoms with Gasteiger partial charge in [0.1, 0.15) is 11.6 Å². The van der Waals surface area contributed by atoms with Crippen LogP contribution in [-0.2, 0) is 11.3 Å². The maximum Gasteiger partial charge on any atom is 0.309 e. The summed E-state index contributed by atoms with van der Waals surface area (Å²) in [6.07, 6.45) is 4.68. The average Bonchev–Trinajstić information content (AvgIpc) is 2.82. The number of unbranched alkanes of at least 4 members (excludes halogenated alkanes) is 1. The fraction of sp³-hybridized carbons (Fsp3) is 0.323. The third-order valence-corrected chi connectivity index (χ3v) is 7.95. The molecule has 3 aromatic rings. The molecule has 3 nitrogen and oxygen atoms in total. The first-order valence-electron chi connectivity index (χ1n) is 12.7. The van der Waals surface area contributed by atoms with Gasteiger partial charge in [-0.2, -0.15) is 0 Å². The Kier molecular flexibility index (Phi) is 9.17. The molecule has 0 amide bonds. The number of hydrogen-bond donors (Lipinski definition) is 1. The van der Waals surface area contributed by atoms with Crippen LogP contribution in [0.15, 0.2) is 65.6 Å². The molecule has 0 spiro atoms. The lowest BCUT2D eigenvalue weighted by atomic mass is 9.96. The zero-order chi connectivity index (χ0) is 26.4. The molecular formula is C31H33F2NO2S. The molecule has 0 radical (unpaired) electrons. The standard InChI is InChI=1S/C31H33F2NO2S/c1-21-6-7-24(13-22(21)2)14-25(26-15-28(32)17-29(33)16-26)5-3-4-12-37-30-10-8-23(9-11-30)18-34-19-27(20-34)31(35)36/h6-11,13-17,27H,3-5,12,18-20H2,1-2H3,(H,35,36)/b25-14+. The molecule has 0 unspecified atom stereocenters. The Bertz CT molecular complexity index is 1250. The van der Waals surface area contributed by atoms with E-state index in [1.807, 2.05) is 12.1 Å². The summed E-state index contributed by atoms with van der Waals surface area (Å²) in [6, 6.07) is 18.4. The highest BCUT2D eigenvalue weighted by atomic mass is 32.2. The second kappa shape index (κ2) is 12.5. The second-order valence-electron chi connectivity index (χ2n) is 9.85. The number of rotatable bonds is 11. The number of nitrogens with zero attached hydrogens (tertiary/aromatic N) is 1. The molecule has 37 heavy (non-hydrogen) atoms. The number of halogens is 2. The zero-order valence-corrected chi connectivity index (χ0v) is 22.2. The van der Waals surface area contributed by atoms with Gasteiger partial charge in [-0.25, -0.2) is 8.78 Å². The molecular weight excluding hydrogens is 488 g/mol. The molecule has 0 bridgehead atoms. The lowest BCUT2D eigenvalue weighted by molar-refractivity contribution is -0.147. The highest BCUT2D eigenvalue weighted by Crippen LogP contribution is 2.28. The van der Waals surface area contributed by atoms with Crippen LogP contribution in [0.1, 0.15) is 47.1 Å². The van der Waals surface area contributed by atoms with Gasteiger partial charge in [-0.3, -0.25) is 9.69 Å². The fourth-order valence-corrected chi connectivity index (χ4v) is 5.42. The number of carbonyl (C=O) groups is 1. The number of carboxylic acids is 1. The highest BCUT2D eigenvalue weighted by molar-refractivity contribution is 7.99. The Morgan fingerprint density at radius 1 is 0.973 bits per heavy atom. The molecule has 1 heterocycles. The van der Waals surface area contributed by atoms with E-state index in [4.69, 9.17) is 5.11 Å². The van der Waals surface area contributed by atoms with Gasteiger partial charge < -0.3 is 5.11 Å². The number of allylic oxidation sites excluding steroid dienone is 1. The summed E-state index contributed by atoms with van der Waals surface area (Å²) >= 11 is 1.80. The van der Waals surface area contributed by atoms with Crippen LogP contribution in [0.3, 0.4) is 0 Å². The van der Waals surface area contributed by atoms with E-state index in [0.29, 0.717) is 18.7 Å². The first-order chi connectivity index (χ1) is 17.8. The second-order valence-corrected chi connectivity index (χ2v) is 11.0. The van der Waals surface area contributed by atoms with Crippen molar-refractivity contribution >= 4 is 29.4 Å². The predicted octanol–water partition coefficient (Wildman–Crippen LogP) is 7.60. The van der Waals surface area contributed by atoms with Crippen LogP contribution in [0.2, 0.25) is 0 Å². The van der Waals surface area contributed by atoms with E-state index >= 15 is 0 Å². The molecule has 1 aliphatic rings. The van der Waals surface area contributed by atoms with Crippen molar-refractivity contribution in [2.24, 2.45) is 5.92 Å². The Morgan fingerprint density at radius 3 is 2.32 bits per heavy atom. The molecule has 4 rings (SSSR count). The molecule has 1 fully saturated rings. The van der Waals surface area contributed by atoms with Crippen LogP contribution in [0.5, 0.6) is 0 Å². The van der Waals surface area contributed by atoms with E-state index in [0.717, 1.165) is 48.8 Å². The van der Waals surface area contributed by atoms with Crippen molar-refractivity contribution < 1.29 is 18.7 Å². The summed E-state index contributed by atoms with van der Waals surface area (Å²) in [5.41, 5.74) is 6.16. The largest absolute Gasteiger partial charge is 0.481 e. The molecule has 1 N–H and O–H groups in total. The van der Waals surface area contributed by atoms with E-state index in [2.05, 4.69) is 55.1 Å². The van der Waals surface area contributed by atoms with Crippen LogP contribution in [-0.4, -0.2) is 34.8 Å². The minimum Gasteiger partial charge on any atom is -0.481 e. The maximum absolute atomic E-state index is 13.9. The van der Waals surface area contributed by atoms with E-state index in [-0.39, 0.29) is 5.92 Å². The Balaban J connectivity index is 1.30. The minimum atomic E-state index is -0.709. The van der Waals surface area contributed by atoms with Crippen molar-refractivity contribution in [1.29, 1.82) is 0 Å². The highest BCUT2D eigenvalue weighted by Gasteiger charge is 2.32. The lowest BCUT2D eigenvalue weighted by Gasteiger charge is -2.36. The van der Waals surface area contributed by atoms with Crippen molar-refractivity contribution in [2.45, 2.75) is 44.6 Å². The smallest absolute Gasteiger partial charge is 0.309 e. The van der Waals surface area contributed by atoms with Gasteiger partial charge in [0.2, 0.25) is 0 Å². The quantitative estimate of drug-likeness (QED) is 0.160. The van der Waals surface area contributed by atoms with Crippen molar-refractivity contribution in [2.75, 3.05) is 18.8 Å². The number of benzene rings is 3. The van der Waals surface area contributed by atoms with E-state index in [1.165, 1.54) is 33.7 Å². The van der Waals surface area contributed by atoms with Crippen LogP contribution in [0.25, 0.3) is 11.6 Å². The van der Waals surface area contributed by atoms with Gasteiger partial charge in [0.25, 0.3) is 0 Å². The zero-order valence-electron chi connectivity index (χ0n) is 21.3. The number of hydrogen-bond acceptors (Lipinski definition) is 3. The van der Waals surface area contributed by atoms with Crippen LogP contribution < -0.4 is 0 Å². The van der Waals surface area contributed by atoms with Crippen LogP contribution in [0, 0.1) is 31.4 Å². The molecule has 1 saturated heterocycles. The summed E-state index contributed by atoms with van der Waals surface area (Å²) in [7, 11) is 0. The summed E-state index contributed by atoms with van der Waals surface area (Å²) in [5.74, 6) is -1.10. The number of aryl methyl sites for hydroxylation is 2. The van der Waals surface area contributed by atoms with Gasteiger partial charge in [-0.1, -0.05) is 36.4 Å². The van der Waals surface area contributed by atoms with E-state index in [9.17, 15) is 13.6 Å². The lowest BCUT2D eigenvalue weighted by Crippen LogP contribution is -2.49. The molecule has 6 heteroatoms. The van der Waals surface area contributed by atoms with Crippen molar-refractivity contribution in [3.05, 3.63) is 100 Å². The molecule has 0 saturated carbocycles. The third kappa shape index (κ3) is 7.76. The fourth-order valence-electron chi connectivity index (χ4n) is 4.51. The predicted molar refractivity (Wildman–Crippen MR) is 148 cm³/mol. The van der Waals surface area contributed by atoms with Gasteiger partial charge >= 0.3 is 5.97 Å². The maximum atomic E-state index is 13.9. The number of carboxylic acid groups (broad SMARTS) is 1. The summed E-state index contributed by atoms with van der Waals surface area (Å²) in [4.78, 5) is 14.3. The van der Waals surface area contributed by atoms with Gasteiger partial charge in [-0.15, -0.1) is 11.8 Å². The molecule has 1 aliphatic heterocycles. The van der Waals surface area contributed by atoms with Crippen molar-refractivity contribution in [1.82, 2.24) is 4.90 Å². The third-order valence-electron chi connectivity index (χ3n) is 6.85. The number of aliphatic carboxylic acids is 1. The first-order valence-corrected chi connectivity index (χ1v) is 13.7. The molecule has 0 aliphatic carbocycles. The minimum absolute atomic E-state index is 0.230. The SMILES string of the molecule is Cc1ccc(/C=C(\CCCCSc2ccc(CN3CC(C(=O)O)C3)cc2)c2cc(F)cc(F)c2)cc1C. The topological polar surface area (TPSA) is 40.5 Å². The van der Waals surface area contributed by atoms with E-state index < -0.39 is 17.6 Å². The summed E-state index contributed by atoms with van der Waals surface area (Å²) in [5, 5.41) is 9.01. The Labute approximate surface area is 222 Å². The normalized spacial score (nSPS) is 14.5. The molecule has 3 aromatic carbocycles. The van der Waals surface area contributed by atoms with Crippen molar-refractivity contribution in [3.8, 4) is 0 Å². The Morgan fingerprint density at radius 2 is 1.68 bits per heavy atom. The van der Waals surface area contributed by atoms with Crippen LogP contribution >= 0.6 is 11.8 Å². The van der Waals surface area contributed by atoms with Gasteiger partial charge in [0.05, 0.1) is 5.92 Å². The Hall–Kier alpha value is -2.96. The van der Waals surface area contributed by atoms with E-state index in [1.54, 1.807) is 11.8 Å². The van der Waals surface area contributed by atoms with Gasteiger partial charge in [0.15, 0.2) is 0 Å². The molecule has 0 aromatic heterocycles. The van der Waals surface area contributed by atoms with Crippen molar-refractivity contribution in [3.63, 3.8) is 0 Å². The summed E-state index contributed by atoms with van der Waals surface area (Å²) in [6.45, 7) is 6.16. The average molecular weight is 522 g/mol. The van der Waals surface area contributed by atoms with Crippen LogP contribution in [0.4, 0.5) is 8.78 Å². The number of likely N-dealkylation sites (tertiary alicyclic amines) is 1.